The summed E-state index contributed by atoms with van der Waals surface area (Å²) >= 11 is 1.22. The molecule has 1 amide bonds. The Morgan fingerprint density at radius 3 is 2.69 bits per heavy atom. The number of allylic oxidation sites excluding steroid dienone is 3. The molecule has 2 aromatic rings. The first-order valence-corrected chi connectivity index (χ1v) is 12.4. The van der Waals surface area contributed by atoms with Crippen LogP contribution in [-0.4, -0.2) is 82.7 Å². The van der Waals surface area contributed by atoms with Crippen LogP contribution < -0.4 is 5.49 Å². The minimum atomic E-state index is -3.67. The summed E-state index contributed by atoms with van der Waals surface area (Å²) in [5.74, 6) is -5.16. The second-order valence-electron chi connectivity index (χ2n) is 8.93. The standard InChI is InChI=1S/C25H25F2N7OS/c1-32-11-13-33(14-12-32)23(35)21-8-7-20(36-21)19-6-9-22(28)34(31-19)24(29)25(26,27)17-4-5-18-16(15-17)3-2-10-30-18/h2-10,15-16,18,28-29H,11-14H2,1H3. The van der Waals surface area contributed by atoms with Gasteiger partial charge in [0, 0.05) is 43.9 Å². The average Bonchev–Trinajstić information content (AvgIpc) is 3.38. The van der Waals surface area contributed by atoms with Gasteiger partial charge in [0.25, 0.3) is 5.91 Å². The van der Waals surface area contributed by atoms with Gasteiger partial charge in [-0.15, -0.1) is 11.3 Å². The number of carbonyl (C=O) groups is 1. The Kier molecular flexibility index (Phi) is 6.35. The zero-order chi connectivity index (χ0) is 25.4. The van der Waals surface area contributed by atoms with E-state index in [0.29, 0.717) is 33.2 Å². The third kappa shape index (κ3) is 4.51. The van der Waals surface area contributed by atoms with E-state index in [4.69, 9.17) is 10.8 Å². The van der Waals surface area contributed by atoms with E-state index in [9.17, 15) is 4.79 Å². The van der Waals surface area contributed by atoms with Crippen LogP contribution in [0.1, 0.15) is 9.67 Å². The quantitative estimate of drug-likeness (QED) is 0.489. The van der Waals surface area contributed by atoms with Crippen molar-refractivity contribution in [1.82, 2.24) is 19.6 Å². The second kappa shape index (κ2) is 9.47. The van der Waals surface area contributed by atoms with E-state index < -0.39 is 11.8 Å². The topological polar surface area (TPSA) is 101 Å². The van der Waals surface area contributed by atoms with Gasteiger partial charge in [-0.1, -0.05) is 24.3 Å². The highest BCUT2D eigenvalue weighted by Gasteiger charge is 2.42. The van der Waals surface area contributed by atoms with E-state index in [2.05, 4.69) is 15.0 Å². The highest BCUT2D eigenvalue weighted by atomic mass is 32.1. The summed E-state index contributed by atoms with van der Waals surface area (Å²) in [5.41, 5.74) is -0.355. The number of aromatic nitrogens is 2. The number of aliphatic imine (C=N–C) groups is 1. The summed E-state index contributed by atoms with van der Waals surface area (Å²) in [6, 6.07) is 6.05. The molecule has 1 saturated heterocycles. The third-order valence-electron chi connectivity index (χ3n) is 6.48. The lowest BCUT2D eigenvalue weighted by Gasteiger charge is -2.32. The number of hydrogen-bond donors (Lipinski definition) is 2. The van der Waals surface area contributed by atoms with Gasteiger partial charge in [-0.05, 0) is 37.4 Å². The normalized spacial score (nSPS) is 21.9. The zero-order valence-corrected chi connectivity index (χ0v) is 20.4. The highest BCUT2D eigenvalue weighted by Crippen LogP contribution is 2.34. The molecular formula is C25H25F2N7OS. The van der Waals surface area contributed by atoms with Crippen LogP contribution in [0, 0.1) is 16.7 Å². The molecule has 2 aromatic heterocycles. The number of likely N-dealkylation sites (N-methyl/N-ethyl adjacent to an activating group) is 1. The maximum atomic E-state index is 15.4. The van der Waals surface area contributed by atoms with E-state index in [1.54, 1.807) is 41.5 Å². The van der Waals surface area contributed by atoms with Crippen LogP contribution in [0.15, 0.2) is 65.2 Å². The SMILES string of the molecule is CN1CCN(C(=O)c2ccc(-c3ccc(=N)n(C(=N)C(F)(F)C4=CC5C=CC=NC5C=C4)n3)s2)CC1. The van der Waals surface area contributed by atoms with Crippen molar-refractivity contribution in [3.63, 3.8) is 0 Å². The molecule has 0 bridgehead atoms. The van der Waals surface area contributed by atoms with Crippen LogP contribution in [-0.2, 0) is 0 Å². The van der Waals surface area contributed by atoms with Gasteiger partial charge in [0.2, 0.25) is 0 Å². The fraction of sp³-hybridized carbons (Fsp3) is 0.320. The molecule has 0 radical (unpaired) electrons. The third-order valence-corrected chi connectivity index (χ3v) is 7.58. The summed E-state index contributed by atoms with van der Waals surface area (Å²) in [6.45, 7) is 2.91. The van der Waals surface area contributed by atoms with Crippen molar-refractivity contribution in [2.45, 2.75) is 12.0 Å². The fourth-order valence-corrected chi connectivity index (χ4v) is 5.24. The molecule has 2 aliphatic heterocycles. The maximum absolute atomic E-state index is 15.4. The molecule has 2 atom stereocenters. The number of hydrogen-bond acceptors (Lipinski definition) is 7. The number of carbonyl (C=O) groups excluding carboxylic acids is 1. The van der Waals surface area contributed by atoms with Gasteiger partial charge in [0.15, 0.2) is 5.84 Å². The fourth-order valence-electron chi connectivity index (χ4n) is 4.30. The smallest absolute Gasteiger partial charge is 0.331 e. The Morgan fingerprint density at radius 1 is 1.14 bits per heavy atom. The van der Waals surface area contributed by atoms with Crippen LogP contribution >= 0.6 is 11.3 Å². The van der Waals surface area contributed by atoms with Gasteiger partial charge in [-0.3, -0.25) is 20.6 Å². The van der Waals surface area contributed by atoms with E-state index in [-0.39, 0.29) is 28.9 Å². The molecule has 3 aliphatic rings. The van der Waals surface area contributed by atoms with E-state index in [1.807, 2.05) is 7.05 Å². The van der Waals surface area contributed by atoms with Crippen molar-refractivity contribution in [3.8, 4) is 10.6 Å². The first-order valence-electron chi connectivity index (χ1n) is 11.5. The molecule has 186 valence electrons. The number of rotatable bonds is 4. The van der Waals surface area contributed by atoms with Crippen molar-refractivity contribution >= 4 is 29.3 Å². The van der Waals surface area contributed by atoms with E-state index >= 15 is 8.78 Å². The van der Waals surface area contributed by atoms with Crippen LogP contribution in [0.4, 0.5) is 8.78 Å². The van der Waals surface area contributed by atoms with E-state index in [0.717, 1.165) is 13.1 Å². The van der Waals surface area contributed by atoms with Gasteiger partial charge in [0.1, 0.15) is 11.2 Å². The number of fused-ring (bicyclic) bond motifs is 1. The highest BCUT2D eigenvalue weighted by molar-refractivity contribution is 7.17. The van der Waals surface area contributed by atoms with Crippen molar-refractivity contribution < 1.29 is 13.6 Å². The molecule has 0 aromatic carbocycles. The second-order valence-corrected chi connectivity index (χ2v) is 10.0. The molecule has 2 unspecified atom stereocenters. The first kappa shape index (κ1) is 24.1. The van der Waals surface area contributed by atoms with E-state index in [1.165, 1.54) is 35.6 Å². The zero-order valence-electron chi connectivity index (χ0n) is 19.6. The van der Waals surface area contributed by atoms with Crippen LogP contribution in [0.5, 0.6) is 0 Å². The Labute approximate surface area is 210 Å². The minimum absolute atomic E-state index is 0.0703. The maximum Gasteiger partial charge on any atom is 0.331 e. The molecule has 1 aliphatic carbocycles. The average molecular weight is 510 g/mol. The summed E-state index contributed by atoms with van der Waals surface area (Å²) in [6.07, 6.45) is 9.44. The van der Waals surface area contributed by atoms with Crippen molar-refractivity contribution in [2.24, 2.45) is 10.9 Å². The van der Waals surface area contributed by atoms with Crippen molar-refractivity contribution in [1.29, 1.82) is 10.8 Å². The lowest BCUT2D eigenvalue weighted by Crippen LogP contribution is -2.46. The van der Waals surface area contributed by atoms with Gasteiger partial charge in [0.05, 0.1) is 15.8 Å². The number of piperazine rings is 1. The van der Waals surface area contributed by atoms with Crippen molar-refractivity contribution in [2.75, 3.05) is 33.2 Å². The van der Waals surface area contributed by atoms with Gasteiger partial charge >= 0.3 is 5.92 Å². The summed E-state index contributed by atoms with van der Waals surface area (Å²) in [7, 11) is 2.02. The minimum Gasteiger partial charge on any atom is -0.335 e. The Balaban J connectivity index is 1.39. The Bertz CT molecular complexity index is 1380. The van der Waals surface area contributed by atoms with Crippen LogP contribution in [0.2, 0.25) is 0 Å². The van der Waals surface area contributed by atoms with Crippen molar-refractivity contribution in [3.05, 3.63) is 70.6 Å². The molecular weight excluding hydrogens is 484 g/mol. The van der Waals surface area contributed by atoms with Gasteiger partial charge in [-0.2, -0.15) is 18.6 Å². The molecule has 5 rings (SSSR count). The molecule has 1 fully saturated rings. The molecule has 0 spiro atoms. The number of nitrogens with zero attached hydrogens (tertiary/aromatic N) is 5. The molecule has 0 saturated carbocycles. The molecule has 4 heterocycles. The predicted octanol–water partition coefficient (Wildman–Crippen LogP) is 3.06. The number of alkyl halides is 2. The summed E-state index contributed by atoms with van der Waals surface area (Å²) in [5, 5.41) is 20.6. The lowest BCUT2D eigenvalue weighted by molar-refractivity contribution is 0.0669. The number of halogens is 2. The van der Waals surface area contributed by atoms with Gasteiger partial charge < -0.3 is 9.80 Å². The lowest BCUT2D eigenvalue weighted by atomic mass is 9.88. The largest absolute Gasteiger partial charge is 0.335 e. The predicted molar refractivity (Wildman–Crippen MR) is 135 cm³/mol. The molecule has 11 heteroatoms. The number of amides is 1. The number of thiophene rings is 1. The molecule has 36 heavy (non-hydrogen) atoms. The van der Waals surface area contributed by atoms with Crippen LogP contribution in [0.25, 0.3) is 10.6 Å². The summed E-state index contributed by atoms with van der Waals surface area (Å²) in [4.78, 5) is 22.2. The number of dihydropyridines is 1. The van der Waals surface area contributed by atoms with Crippen LogP contribution in [0.3, 0.4) is 0 Å². The summed E-state index contributed by atoms with van der Waals surface area (Å²) < 4.78 is 31.5. The molecule has 2 N–H and O–H groups in total. The number of nitrogens with one attached hydrogen (secondary N) is 2. The monoisotopic (exact) mass is 509 g/mol. The Hall–Kier alpha value is -3.57. The Morgan fingerprint density at radius 2 is 1.92 bits per heavy atom. The molecule has 8 nitrogen and oxygen atoms in total. The van der Waals surface area contributed by atoms with Gasteiger partial charge in [-0.25, -0.2) is 0 Å². The first-order chi connectivity index (χ1) is 17.2.